The van der Waals surface area contributed by atoms with Crippen LogP contribution >= 0.6 is 0 Å². The number of piperazine rings is 1. The maximum absolute atomic E-state index is 10.9. The summed E-state index contributed by atoms with van der Waals surface area (Å²) in [6.45, 7) is 6.49. The van der Waals surface area contributed by atoms with Gasteiger partial charge in [0.2, 0.25) is 0 Å². The van der Waals surface area contributed by atoms with Crippen LogP contribution in [0.15, 0.2) is 30.3 Å². The summed E-state index contributed by atoms with van der Waals surface area (Å²) >= 11 is 0. The number of benzene rings is 1. The second-order valence-electron chi connectivity index (χ2n) is 8.72. The number of hydrogen-bond acceptors (Lipinski definition) is 7. The molecule has 0 radical (unpaired) electrons. The third-order valence-electron chi connectivity index (χ3n) is 6.82. The molecule has 29 heavy (non-hydrogen) atoms. The summed E-state index contributed by atoms with van der Waals surface area (Å²) in [6.07, 6.45) is 1.07. The van der Waals surface area contributed by atoms with Gasteiger partial charge in [-0.1, -0.05) is 18.2 Å². The average Bonchev–Trinajstić information content (AvgIpc) is 3.09. The fourth-order valence-corrected chi connectivity index (χ4v) is 5.01. The third-order valence-corrected chi connectivity index (χ3v) is 6.82. The van der Waals surface area contributed by atoms with E-state index in [1.807, 2.05) is 6.07 Å². The predicted octanol–water partition coefficient (Wildman–Crippen LogP) is -0.0184. The van der Waals surface area contributed by atoms with E-state index in [0.717, 1.165) is 58.7 Å². The minimum Gasteiger partial charge on any atom is -0.394 e. The van der Waals surface area contributed by atoms with E-state index in [9.17, 15) is 10.2 Å². The van der Waals surface area contributed by atoms with Crippen molar-refractivity contribution in [2.75, 3.05) is 64.4 Å². The first kappa shape index (κ1) is 21.0. The van der Waals surface area contributed by atoms with Crippen molar-refractivity contribution in [3.63, 3.8) is 0 Å². The second kappa shape index (κ2) is 9.73. The van der Waals surface area contributed by atoms with Crippen molar-refractivity contribution in [2.45, 2.75) is 43.2 Å². The third kappa shape index (κ3) is 4.93. The van der Waals surface area contributed by atoms with E-state index in [0.29, 0.717) is 6.04 Å². The smallest absolute Gasteiger partial charge is 0.109 e. The summed E-state index contributed by atoms with van der Waals surface area (Å²) in [7, 11) is 2.17. The molecule has 162 valence electrons. The molecule has 3 aliphatic heterocycles. The van der Waals surface area contributed by atoms with Gasteiger partial charge < -0.3 is 30.1 Å². The molecule has 1 aromatic rings. The highest BCUT2D eigenvalue weighted by Gasteiger charge is 2.46. The molecule has 0 bridgehead atoms. The maximum atomic E-state index is 10.9. The first-order valence-corrected chi connectivity index (χ1v) is 11.1. The van der Waals surface area contributed by atoms with Crippen LogP contribution in [0.2, 0.25) is 0 Å². The Morgan fingerprint density at radius 3 is 2.34 bits per heavy atom. The molecule has 0 spiro atoms. The van der Waals surface area contributed by atoms with Crippen molar-refractivity contribution >= 4 is 5.69 Å². The number of nitrogens with zero attached hydrogens (tertiary/aromatic N) is 3. The van der Waals surface area contributed by atoms with Crippen LogP contribution in [0.5, 0.6) is 0 Å². The van der Waals surface area contributed by atoms with Gasteiger partial charge in [0.25, 0.3) is 0 Å². The van der Waals surface area contributed by atoms with Gasteiger partial charge in [-0.15, -0.1) is 0 Å². The molecule has 3 N–H and O–H groups in total. The number of aliphatic hydroxyl groups excluding tert-OH is 2. The van der Waals surface area contributed by atoms with Gasteiger partial charge in [0, 0.05) is 44.5 Å². The standard InChI is InChI=1S/C22H36N4O3/c1-24-9-7-17(8-10-24)23-15-19-21(22(28)20(16-27)29-19)26-13-11-25(12-14-26)18-5-3-2-4-6-18/h2-6,17,19-23,27-28H,7-16H2,1H3/t19-,20-,21-,22+/m0/s1. The van der Waals surface area contributed by atoms with E-state index in [1.165, 1.54) is 5.69 Å². The number of piperidine rings is 1. The van der Waals surface area contributed by atoms with Crippen molar-refractivity contribution in [3.8, 4) is 0 Å². The molecule has 0 aliphatic carbocycles. The molecular formula is C22H36N4O3. The quantitative estimate of drug-likeness (QED) is 0.616. The lowest BCUT2D eigenvalue weighted by Crippen LogP contribution is -2.58. The van der Waals surface area contributed by atoms with E-state index < -0.39 is 12.2 Å². The topological polar surface area (TPSA) is 71.4 Å². The number of hydrogen-bond donors (Lipinski definition) is 3. The Morgan fingerprint density at radius 2 is 1.69 bits per heavy atom. The van der Waals surface area contributed by atoms with Crippen molar-refractivity contribution in [1.29, 1.82) is 0 Å². The molecule has 3 heterocycles. The van der Waals surface area contributed by atoms with Crippen molar-refractivity contribution in [1.82, 2.24) is 15.1 Å². The lowest BCUT2D eigenvalue weighted by atomic mass is 10.00. The van der Waals surface area contributed by atoms with E-state index in [4.69, 9.17) is 4.74 Å². The van der Waals surface area contributed by atoms with Crippen LogP contribution < -0.4 is 10.2 Å². The fraction of sp³-hybridized carbons (Fsp3) is 0.727. The van der Waals surface area contributed by atoms with Crippen molar-refractivity contribution in [3.05, 3.63) is 30.3 Å². The van der Waals surface area contributed by atoms with Crippen LogP contribution in [0.1, 0.15) is 12.8 Å². The Morgan fingerprint density at radius 1 is 1.00 bits per heavy atom. The van der Waals surface area contributed by atoms with E-state index in [2.05, 4.69) is 51.3 Å². The summed E-state index contributed by atoms with van der Waals surface area (Å²) in [5.74, 6) is 0. The molecule has 7 heteroatoms. The molecule has 0 aromatic heterocycles. The SMILES string of the molecule is CN1CCC(NC[C@@H]2O[C@@H](CO)[C@@H](O)[C@H]2N2CCN(c3ccccc3)CC2)CC1. The number of aliphatic hydroxyl groups is 2. The van der Waals surface area contributed by atoms with Crippen LogP contribution in [-0.4, -0.2) is 110 Å². The summed E-state index contributed by atoms with van der Waals surface area (Å²) in [5.41, 5.74) is 1.25. The molecule has 4 rings (SSSR count). The zero-order chi connectivity index (χ0) is 20.2. The van der Waals surface area contributed by atoms with Gasteiger partial charge in [-0.05, 0) is 45.1 Å². The molecule has 1 aromatic carbocycles. The molecule has 0 saturated carbocycles. The van der Waals surface area contributed by atoms with E-state index in [1.54, 1.807) is 0 Å². The van der Waals surface area contributed by atoms with E-state index >= 15 is 0 Å². The number of rotatable bonds is 6. The lowest BCUT2D eigenvalue weighted by molar-refractivity contribution is -0.0222. The van der Waals surface area contributed by atoms with Gasteiger partial charge in [0.05, 0.1) is 18.8 Å². The lowest BCUT2D eigenvalue weighted by Gasteiger charge is -2.41. The highest BCUT2D eigenvalue weighted by atomic mass is 16.5. The minimum atomic E-state index is -0.646. The summed E-state index contributed by atoms with van der Waals surface area (Å²) in [4.78, 5) is 7.12. The van der Waals surface area contributed by atoms with Crippen molar-refractivity contribution < 1.29 is 14.9 Å². The molecule has 7 nitrogen and oxygen atoms in total. The molecular weight excluding hydrogens is 368 g/mol. The van der Waals surface area contributed by atoms with Crippen LogP contribution in [-0.2, 0) is 4.74 Å². The van der Waals surface area contributed by atoms with Gasteiger partial charge in [0.15, 0.2) is 0 Å². The Bertz CT molecular complexity index is 618. The zero-order valence-corrected chi connectivity index (χ0v) is 17.5. The number of para-hydroxylation sites is 1. The highest BCUT2D eigenvalue weighted by molar-refractivity contribution is 5.46. The Kier molecular flexibility index (Phi) is 7.05. The van der Waals surface area contributed by atoms with E-state index in [-0.39, 0.29) is 18.8 Å². The highest BCUT2D eigenvalue weighted by Crippen LogP contribution is 2.28. The Hall–Kier alpha value is -1.22. The fourth-order valence-electron chi connectivity index (χ4n) is 5.01. The minimum absolute atomic E-state index is 0.0659. The first-order chi connectivity index (χ1) is 14.2. The van der Waals surface area contributed by atoms with Gasteiger partial charge in [-0.3, -0.25) is 4.90 Å². The molecule has 3 saturated heterocycles. The summed E-state index contributed by atoms with van der Waals surface area (Å²) < 4.78 is 6.08. The van der Waals surface area contributed by atoms with Crippen LogP contribution in [0.3, 0.4) is 0 Å². The largest absolute Gasteiger partial charge is 0.394 e. The summed E-state index contributed by atoms with van der Waals surface area (Å²) in [5, 5.41) is 24.2. The number of likely N-dealkylation sites (tertiary alicyclic amines) is 1. The molecule has 3 aliphatic rings. The molecule has 0 amide bonds. The van der Waals surface area contributed by atoms with Gasteiger partial charge in [0.1, 0.15) is 12.2 Å². The molecule has 4 atom stereocenters. The van der Waals surface area contributed by atoms with Crippen LogP contribution in [0.25, 0.3) is 0 Å². The number of anilines is 1. The van der Waals surface area contributed by atoms with Crippen molar-refractivity contribution in [2.24, 2.45) is 0 Å². The monoisotopic (exact) mass is 404 g/mol. The zero-order valence-electron chi connectivity index (χ0n) is 17.5. The first-order valence-electron chi connectivity index (χ1n) is 11.1. The number of nitrogens with one attached hydrogen (secondary N) is 1. The normalized spacial score (nSPS) is 32.7. The van der Waals surface area contributed by atoms with Gasteiger partial charge in [-0.25, -0.2) is 0 Å². The maximum Gasteiger partial charge on any atom is 0.109 e. The van der Waals surface area contributed by atoms with Crippen LogP contribution in [0, 0.1) is 0 Å². The van der Waals surface area contributed by atoms with Gasteiger partial charge >= 0.3 is 0 Å². The Labute approximate surface area is 174 Å². The Balaban J connectivity index is 1.34. The molecule has 3 fully saturated rings. The summed E-state index contributed by atoms with van der Waals surface area (Å²) in [6, 6.07) is 10.9. The average molecular weight is 405 g/mol. The van der Waals surface area contributed by atoms with Crippen LogP contribution in [0.4, 0.5) is 5.69 Å². The predicted molar refractivity (Wildman–Crippen MR) is 114 cm³/mol. The second-order valence-corrected chi connectivity index (χ2v) is 8.72. The number of ether oxygens (including phenoxy) is 1. The van der Waals surface area contributed by atoms with Gasteiger partial charge in [-0.2, -0.15) is 0 Å². The molecule has 0 unspecified atom stereocenters.